The van der Waals surface area contributed by atoms with E-state index in [4.69, 9.17) is 5.11 Å². The van der Waals surface area contributed by atoms with Crippen molar-refractivity contribution in [3.63, 3.8) is 0 Å². The molecule has 0 saturated carbocycles. The largest absolute Gasteiger partial charge is 0.479 e. The average molecular weight is 264 g/mol. The lowest BCUT2D eigenvalue weighted by Gasteiger charge is -2.09. The van der Waals surface area contributed by atoms with Crippen LogP contribution in [0.5, 0.6) is 0 Å². The number of carboxylic acid groups (broad SMARTS) is 1. The Kier molecular flexibility index (Phi) is 3.57. The molecular weight excluding hydrogens is 254 g/mol. The lowest BCUT2D eigenvalue weighted by Crippen LogP contribution is -2.10. The molecule has 98 valence electrons. The van der Waals surface area contributed by atoms with Crippen LogP contribution in [-0.4, -0.2) is 16.2 Å². The summed E-state index contributed by atoms with van der Waals surface area (Å²) in [5.74, 6) is -2.67. The van der Waals surface area contributed by atoms with Crippen molar-refractivity contribution in [2.75, 3.05) is 0 Å². The van der Waals surface area contributed by atoms with Crippen molar-refractivity contribution in [3.05, 3.63) is 59.7 Å². The summed E-state index contributed by atoms with van der Waals surface area (Å²) in [7, 11) is 0. The van der Waals surface area contributed by atoms with E-state index in [1.54, 1.807) is 0 Å². The topological polar surface area (TPSA) is 57.5 Å². The number of aliphatic carboxylic acids is 1. The zero-order chi connectivity index (χ0) is 14.0. The van der Waals surface area contributed by atoms with E-state index in [1.807, 2.05) is 0 Å². The molecule has 0 saturated heterocycles. The molecule has 0 bridgehead atoms. The zero-order valence-corrected chi connectivity index (χ0v) is 9.68. The summed E-state index contributed by atoms with van der Waals surface area (Å²) in [5.41, 5.74) is 0.417. The summed E-state index contributed by atoms with van der Waals surface area (Å²) in [6, 6.07) is 8.93. The van der Waals surface area contributed by atoms with Crippen molar-refractivity contribution in [2.45, 2.75) is 6.10 Å². The van der Waals surface area contributed by atoms with Gasteiger partial charge in [0.25, 0.3) is 0 Å². The molecular formula is C14H10F2O3. The quantitative estimate of drug-likeness (QED) is 0.896. The van der Waals surface area contributed by atoms with Crippen molar-refractivity contribution in [2.24, 2.45) is 0 Å². The Morgan fingerprint density at radius 2 is 1.84 bits per heavy atom. The molecule has 2 N–H and O–H groups in total. The van der Waals surface area contributed by atoms with Crippen LogP contribution in [0.25, 0.3) is 11.1 Å². The minimum Gasteiger partial charge on any atom is -0.479 e. The van der Waals surface area contributed by atoms with E-state index >= 15 is 0 Å². The molecule has 0 aliphatic heterocycles. The second-order valence-corrected chi connectivity index (χ2v) is 3.99. The van der Waals surface area contributed by atoms with Gasteiger partial charge in [-0.05, 0) is 29.3 Å². The highest BCUT2D eigenvalue weighted by Gasteiger charge is 2.17. The van der Waals surface area contributed by atoms with Gasteiger partial charge in [0.2, 0.25) is 0 Å². The number of hydrogen-bond acceptors (Lipinski definition) is 2. The summed E-state index contributed by atoms with van der Waals surface area (Å²) in [6.07, 6.45) is -1.78. The summed E-state index contributed by atoms with van der Waals surface area (Å²) in [5, 5.41) is 17.9. The first-order valence-electron chi connectivity index (χ1n) is 5.45. The fourth-order valence-corrected chi connectivity index (χ4v) is 1.73. The first-order valence-corrected chi connectivity index (χ1v) is 5.45. The van der Waals surface area contributed by atoms with Gasteiger partial charge < -0.3 is 10.2 Å². The van der Waals surface area contributed by atoms with E-state index in [9.17, 15) is 18.7 Å². The molecule has 5 heteroatoms. The minimum atomic E-state index is -1.78. The summed E-state index contributed by atoms with van der Waals surface area (Å²) in [6.45, 7) is 0. The standard InChI is InChI=1S/C14H10F2O3/c15-10-3-1-2-8(6-10)11-5-4-9(7-12(11)16)13(17)14(18)19/h1-7,13,17H,(H,18,19). The van der Waals surface area contributed by atoms with E-state index in [2.05, 4.69) is 0 Å². The Morgan fingerprint density at radius 3 is 2.42 bits per heavy atom. The van der Waals surface area contributed by atoms with Crippen LogP contribution in [0, 0.1) is 11.6 Å². The van der Waals surface area contributed by atoms with Gasteiger partial charge in [0.05, 0.1) is 0 Å². The van der Waals surface area contributed by atoms with Gasteiger partial charge in [-0.2, -0.15) is 0 Å². The molecule has 0 radical (unpaired) electrons. The highest BCUT2D eigenvalue weighted by Crippen LogP contribution is 2.26. The molecule has 0 aliphatic carbocycles. The number of halogens is 2. The molecule has 2 aromatic rings. The zero-order valence-electron chi connectivity index (χ0n) is 9.68. The van der Waals surface area contributed by atoms with Crippen molar-refractivity contribution in [3.8, 4) is 11.1 Å². The van der Waals surface area contributed by atoms with Crippen molar-refractivity contribution < 1.29 is 23.8 Å². The smallest absolute Gasteiger partial charge is 0.337 e. The first kappa shape index (κ1) is 13.2. The molecule has 0 aliphatic rings. The van der Waals surface area contributed by atoms with Crippen LogP contribution in [0.15, 0.2) is 42.5 Å². The average Bonchev–Trinajstić information content (AvgIpc) is 2.37. The van der Waals surface area contributed by atoms with Crippen LogP contribution >= 0.6 is 0 Å². The number of benzene rings is 2. The van der Waals surface area contributed by atoms with E-state index in [1.165, 1.54) is 36.4 Å². The highest BCUT2D eigenvalue weighted by atomic mass is 19.1. The lowest BCUT2D eigenvalue weighted by atomic mass is 10.0. The Labute approximate surface area is 107 Å². The van der Waals surface area contributed by atoms with Crippen molar-refractivity contribution in [1.82, 2.24) is 0 Å². The van der Waals surface area contributed by atoms with Crippen LogP contribution in [-0.2, 0) is 4.79 Å². The molecule has 2 rings (SSSR count). The predicted octanol–water partition coefficient (Wildman–Crippen LogP) is 2.75. The van der Waals surface area contributed by atoms with Crippen molar-refractivity contribution in [1.29, 1.82) is 0 Å². The van der Waals surface area contributed by atoms with Crippen LogP contribution in [0.1, 0.15) is 11.7 Å². The molecule has 2 aromatic carbocycles. The molecule has 1 unspecified atom stereocenters. The van der Waals surface area contributed by atoms with Gasteiger partial charge in [0, 0.05) is 5.56 Å². The number of carboxylic acids is 1. The summed E-state index contributed by atoms with van der Waals surface area (Å²) < 4.78 is 26.9. The SMILES string of the molecule is O=C(O)C(O)c1ccc(-c2cccc(F)c2)c(F)c1. The predicted molar refractivity (Wildman–Crippen MR) is 64.4 cm³/mol. The Morgan fingerprint density at radius 1 is 1.11 bits per heavy atom. The van der Waals surface area contributed by atoms with Gasteiger partial charge in [0.15, 0.2) is 6.10 Å². The number of rotatable bonds is 3. The molecule has 1 atom stereocenters. The molecule has 0 fully saturated rings. The van der Waals surface area contributed by atoms with Crippen molar-refractivity contribution >= 4 is 5.97 Å². The molecule has 0 spiro atoms. The molecule has 19 heavy (non-hydrogen) atoms. The van der Waals surface area contributed by atoms with E-state index in [0.717, 1.165) is 6.07 Å². The van der Waals surface area contributed by atoms with Gasteiger partial charge in [-0.25, -0.2) is 13.6 Å². The number of aliphatic hydroxyl groups excluding tert-OH is 1. The van der Waals surface area contributed by atoms with Gasteiger partial charge in [-0.15, -0.1) is 0 Å². The number of carbonyl (C=O) groups is 1. The first-order chi connectivity index (χ1) is 8.99. The second-order valence-electron chi connectivity index (χ2n) is 3.99. The fraction of sp³-hybridized carbons (Fsp3) is 0.0714. The minimum absolute atomic E-state index is 0.0647. The maximum absolute atomic E-state index is 13.9. The summed E-state index contributed by atoms with van der Waals surface area (Å²) in [4.78, 5) is 10.6. The van der Waals surface area contributed by atoms with Crippen LogP contribution < -0.4 is 0 Å². The molecule has 0 amide bonds. The third-order valence-corrected chi connectivity index (χ3v) is 2.68. The normalized spacial score (nSPS) is 12.2. The van der Waals surface area contributed by atoms with Crippen LogP contribution in [0.2, 0.25) is 0 Å². The molecule has 0 aromatic heterocycles. The summed E-state index contributed by atoms with van der Waals surface area (Å²) >= 11 is 0. The highest BCUT2D eigenvalue weighted by molar-refractivity contribution is 5.74. The second kappa shape index (κ2) is 5.16. The van der Waals surface area contributed by atoms with Crippen LogP contribution in [0.4, 0.5) is 8.78 Å². The molecule has 3 nitrogen and oxygen atoms in total. The van der Waals surface area contributed by atoms with Gasteiger partial charge in [-0.1, -0.05) is 24.3 Å². The maximum atomic E-state index is 13.9. The lowest BCUT2D eigenvalue weighted by molar-refractivity contribution is -0.146. The third-order valence-electron chi connectivity index (χ3n) is 2.68. The molecule has 0 heterocycles. The van der Waals surface area contributed by atoms with Gasteiger partial charge >= 0.3 is 5.97 Å². The van der Waals surface area contributed by atoms with Gasteiger partial charge in [0.1, 0.15) is 11.6 Å². The van der Waals surface area contributed by atoms with E-state index in [0.29, 0.717) is 5.56 Å². The van der Waals surface area contributed by atoms with Crippen LogP contribution in [0.3, 0.4) is 0 Å². The van der Waals surface area contributed by atoms with Gasteiger partial charge in [-0.3, -0.25) is 0 Å². The monoisotopic (exact) mass is 264 g/mol. The van der Waals surface area contributed by atoms with E-state index < -0.39 is 23.7 Å². The maximum Gasteiger partial charge on any atom is 0.337 e. The Balaban J connectivity index is 2.42. The Hall–Kier alpha value is -2.27. The number of hydrogen-bond donors (Lipinski definition) is 2. The Bertz CT molecular complexity index is 626. The third kappa shape index (κ3) is 2.77. The number of aliphatic hydroxyl groups is 1. The van der Waals surface area contributed by atoms with E-state index in [-0.39, 0.29) is 11.1 Å². The fourth-order valence-electron chi connectivity index (χ4n) is 1.73.